The zero-order valence-corrected chi connectivity index (χ0v) is 15.4. The third-order valence-electron chi connectivity index (χ3n) is 3.80. The van der Waals surface area contributed by atoms with E-state index in [1.807, 2.05) is 43.3 Å². The predicted octanol–water partition coefficient (Wildman–Crippen LogP) is 4.93. The Morgan fingerprint density at radius 1 is 0.880 bits per heavy atom. The topological polar surface area (TPSA) is 59.4 Å². The van der Waals surface area contributed by atoms with E-state index in [9.17, 15) is 0 Å². The van der Waals surface area contributed by atoms with Crippen LogP contribution in [-0.4, -0.2) is 19.6 Å². The molecule has 0 aliphatic rings. The Balaban J connectivity index is 0.000000443. The molecule has 0 aromatic carbocycles. The molecule has 0 unspecified atom stereocenters. The maximum Gasteiger partial charge on any atom is 0.135 e. The summed E-state index contributed by atoms with van der Waals surface area (Å²) < 4.78 is 3.50. The van der Waals surface area contributed by atoms with Crippen LogP contribution in [0.4, 0.5) is 0 Å². The highest BCUT2D eigenvalue weighted by Crippen LogP contribution is 2.15. The van der Waals surface area contributed by atoms with E-state index in [0.29, 0.717) is 11.8 Å². The second kappa shape index (κ2) is 10.4. The molecule has 0 radical (unpaired) electrons. The van der Waals surface area contributed by atoms with Gasteiger partial charge in [0.25, 0.3) is 0 Å². The Hall–Kier alpha value is -2.53. The minimum atomic E-state index is -0.169. The molecule has 5 nitrogen and oxygen atoms in total. The Bertz CT molecular complexity index is 647. The van der Waals surface area contributed by atoms with Crippen molar-refractivity contribution in [3.63, 3.8) is 0 Å². The summed E-state index contributed by atoms with van der Waals surface area (Å²) in [6, 6.07) is 2.02. The summed E-state index contributed by atoms with van der Waals surface area (Å²) in [4.78, 5) is 0. The van der Waals surface area contributed by atoms with Crippen LogP contribution in [0.2, 0.25) is 0 Å². The number of hydrogen-bond donors (Lipinski definition) is 0. The Labute approximate surface area is 152 Å². The second-order valence-corrected chi connectivity index (χ2v) is 6.46. The molecule has 136 valence electrons. The van der Waals surface area contributed by atoms with Crippen molar-refractivity contribution in [2.24, 2.45) is 0 Å². The standard InChI is InChI=1S/C10H14N2.C9H13N3.CH4/c1-5-9(4)12-7-10(6-11-12)8(2)3;1-7(2)9-5-11-12(6-9)8(3)4-10;/h1,6-9H,2-4H3;5-8H,1-3H3;1H4/t9-;8-;/m01./s1. The summed E-state index contributed by atoms with van der Waals surface area (Å²) in [5, 5.41) is 16.9. The maximum absolute atomic E-state index is 8.63. The number of rotatable bonds is 4. The highest BCUT2D eigenvalue weighted by atomic mass is 15.3. The van der Waals surface area contributed by atoms with E-state index < -0.39 is 0 Å². The monoisotopic (exact) mass is 341 g/mol. The van der Waals surface area contributed by atoms with Gasteiger partial charge in [0.2, 0.25) is 0 Å². The first-order chi connectivity index (χ1) is 11.3. The summed E-state index contributed by atoms with van der Waals surface area (Å²) in [6.45, 7) is 12.3. The molecule has 0 saturated heterocycles. The van der Waals surface area contributed by atoms with Gasteiger partial charge in [-0.15, -0.1) is 6.42 Å². The third kappa shape index (κ3) is 6.47. The summed E-state index contributed by atoms with van der Waals surface area (Å²) in [7, 11) is 0. The van der Waals surface area contributed by atoms with Crippen LogP contribution >= 0.6 is 0 Å². The van der Waals surface area contributed by atoms with Crippen molar-refractivity contribution < 1.29 is 0 Å². The molecule has 0 aliphatic carbocycles. The van der Waals surface area contributed by atoms with Crippen LogP contribution in [0.5, 0.6) is 0 Å². The van der Waals surface area contributed by atoms with E-state index in [4.69, 9.17) is 11.7 Å². The van der Waals surface area contributed by atoms with Crippen LogP contribution in [0, 0.1) is 23.7 Å². The van der Waals surface area contributed by atoms with Gasteiger partial charge in [-0.1, -0.05) is 41.0 Å². The fraction of sp³-hybridized carbons (Fsp3) is 0.550. The van der Waals surface area contributed by atoms with E-state index in [0.717, 1.165) is 0 Å². The van der Waals surface area contributed by atoms with Gasteiger partial charge in [0, 0.05) is 12.4 Å². The van der Waals surface area contributed by atoms with Crippen molar-refractivity contribution in [3.05, 3.63) is 35.9 Å². The van der Waals surface area contributed by atoms with Gasteiger partial charge in [0.15, 0.2) is 0 Å². The molecule has 0 aliphatic heterocycles. The van der Waals surface area contributed by atoms with Gasteiger partial charge in [-0.3, -0.25) is 9.36 Å². The Morgan fingerprint density at radius 2 is 1.28 bits per heavy atom. The van der Waals surface area contributed by atoms with Crippen LogP contribution in [0.15, 0.2) is 24.8 Å². The van der Waals surface area contributed by atoms with Crippen LogP contribution in [0.25, 0.3) is 0 Å². The van der Waals surface area contributed by atoms with Crippen molar-refractivity contribution in [1.82, 2.24) is 19.6 Å². The van der Waals surface area contributed by atoms with Crippen molar-refractivity contribution in [1.29, 1.82) is 5.26 Å². The number of nitriles is 1. The number of hydrogen-bond acceptors (Lipinski definition) is 3. The Kier molecular flexibility index (Phi) is 9.31. The highest BCUT2D eigenvalue weighted by Gasteiger charge is 2.07. The van der Waals surface area contributed by atoms with Crippen LogP contribution in [0.1, 0.15) is 84.0 Å². The molecule has 0 saturated carbocycles. The highest BCUT2D eigenvalue weighted by molar-refractivity contribution is 5.11. The fourth-order valence-corrected chi connectivity index (χ4v) is 1.86. The van der Waals surface area contributed by atoms with Gasteiger partial charge >= 0.3 is 0 Å². The first-order valence-corrected chi connectivity index (χ1v) is 8.23. The predicted molar refractivity (Wildman–Crippen MR) is 103 cm³/mol. The van der Waals surface area contributed by atoms with E-state index in [-0.39, 0.29) is 19.5 Å². The minimum absolute atomic E-state index is 0. The van der Waals surface area contributed by atoms with Crippen molar-refractivity contribution >= 4 is 0 Å². The van der Waals surface area contributed by atoms with E-state index in [1.165, 1.54) is 11.1 Å². The molecule has 2 atom stereocenters. The van der Waals surface area contributed by atoms with Gasteiger partial charge < -0.3 is 0 Å². The molecule has 2 heterocycles. The first-order valence-electron chi connectivity index (χ1n) is 8.23. The molecule has 0 N–H and O–H groups in total. The zero-order chi connectivity index (χ0) is 18.3. The average molecular weight is 342 g/mol. The molecule has 2 aromatic heterocycles. The number of terminal acetylenes is 1. The largest absolute Gasteiger partial charge is 0.258 e. The second-order valence-electron chi connectivity index (χ2n) is 6.46. The number of aromatic nitrogens is 4. The molecular weight excluding hydrogens is 310 g/mol. The van der Waals surface area contributed by atoms with Crippen molar-refractivity contribution in [2.45, 2.75) is 72.9 Å². The van der Waals surface area contributed by atoms with Gasteiger partial charge in [-0.05, 0) is 36.8 Å². The number of nitrogens with zero attached hydrogens (tertiary/aromatic N) is 5. The van der Waals surface area contributed by atoms with Crippen molar-refractivity contribution in [2.75, 3.05) is 0 Å². The maximum atomic E-state index is 8.63. The van der Waals surface area contributed by atoms with Gasteiger partial charge in [-0.2, -0.15) is 15.5 Å². The summed E-state index contributed by atoms with van der Waals surface area (Å²) in [5.74, 6) is 3.63. The molecule has 0 spiro atoms. The average Bonchev–Trinajstić information content (AvgIpc) is 3.23. The van der Waals surface area contributed by atoms with Crippen molar-refractivity contribution in [3.8, 4) is 18.4 Å². The lowest BCUT2D eigenvalue weighted by Gasteiger charge is -2.03. The molecule has 0 bridgehead atoms. The van der Waals surface area contributed by atoms with E-state index in [1.54, 1.807) is 4.68 Å². The van der Waals surface area contributed by atoms with Gasteiger partial charge in [0.05, 0.1) is 18.5 Å². The molecule has 2 rings (SSSR count). The normalized spacial score (nSPS) is 12.4. The SMILES string of the molecule is C.C#C[C@H](C)n1cc(C(C)C)cn1.CC(C)c1cnn([C@H](C)C#N)c1. The van der Waals surface area contributed by atoms with Gasteiger partial charge in [-0.25, -0.2) is 0 Å². The molecule has 0 amide bonds. The van der Waals surface area contributed by atoms with Crippen LogP contribution < -0.4 is 0 Å². The smallest absolute Gasteiger partial charge is 0.135 e. The third-order valence-corrected chi connectivity index (χ3v) is 3.80. The lowest BCUT2D eigenvalue weighted by atomic mass is 10.1. The lowest BCUT2D eigenvalue weighted by molar-refractivity contribution is 0.590. The van der Waals surface area contributed by atoms with E-state index >= 15 is 0 Å². The lowest BCUT2D eigenvalue weighted by Crippen LogP contribution is -2.02. The minimum Gasteiger partial charge on any atom is -0.258 e. The molecule has 5 heteroatoms. The molecule has 2 aromatic rings. The zero-order valence-electron chi connectivity index (χ0n) is 15.4. The Morgan fingerprint density at radius 3 is 1.56 bits per heavy atom. The van der Waals surface area contributed by atoms with Gasteiger partial charge in [0.1, 0.15) is 12.1 Å². The molecule has 0 fully saturated rings. The molecule has 25 heavy (non-hydrogen) atoms. The first kappa shape index (κ1) is 22.5. The summed E-state index contributed by atoms with van der Waals surface area (Å²) in [6.07, 6.45) is 12.9. The fourth-order valence-electron chi connectivity index (χ4n) is 1.86. The quantitative estimate of drug-likeness (QED) is 0.741. The van der Waals surface area contributed by atoms with Crippen LogP contribution in [0.3, 0.4) is 0 Å². The summed E-state index contributed by atoms with van der Waals surface area (Å²) >= 11 is 0. The summed E-state index contributed by atoms with van der Waals surface area (Å²) in [5.41, 5.74) is 2.41. The molecular formula is C20H31N5. The van der Waals surface area contributed by atoms with E-state index in [2.05, 4.69) is 49.9 Å². The van der Waals surface area contributed by atoms with Crippen LogP contribution in [-0.2, 0) is 0 Å².